The maximum Gasteiger partial charge on any atom is 0.337 e. The summed E-state index contributed by atoms with van der Waals surface area (Å²) in [6, 6.07) is 2.35. The third-order valence-corrected chi connectivity index (χ3v) is 3.90. The Morgan fingerprint density at radius 1 is 1.50 bits per heavy atom. The molecule has 1 heterocycles. The lowest BCUT2D eigenvalue weighted by molar-refractivity contribution is 0.0698. The summed E-state index contributed by atoms with van der Waals surface area (Å²) in [5.41, 5.74) is 0.476. The third kappa shape index (κ3) is 1.48. The van der Waals surface area contributed by atoms with Crippen LogP contribution in [0.4, 0.5) is 4.39 Å². The van der Waals surface area contributed by atoms with Gasteiger partial charge in [-0.05, 0) is 18.9 Å². The van der Waals surface area contributed by atoms with Crippen molar-refractivity contribution in [1.29, 1.82) is 0 Å². The first-order chi connectivity index (χ1) is 7.65. The summed E-state index contributed by atoms with van der Waals surface area (Å²) in [5.74, 6) is -1.19. The highest BCUT2D eigenvalue weighted by Crippen LogP contribution is 2.43. The molecule has 82 valence electrons. The minimum absolute atomic E-state index is 0.0133. The number of hydrogen-bond donors (Lipinski definition) is 1. The average molecular weight is 237 g/mol. The van der Waals surface area contributed by atoms with Crippen molar-refractivity contribution >= 4 is 27.5 Å². The van der Waals surface area contributed by atoms with E-state index in [0.29, 0.717) is 16.1 Å². The fourth-order valence-corrected chi connectivity index (χ4v) is 2.90. The number of rotatable bonds is 2. The van der Waals surface area contributed by atoms with E-state index in [9.17, 15) is 9.18 Å². The Hall–Kier alpha value is -1.49. The first-order valence-electron chi connectivity index (χ1n) is 4.98. The van der Waals surface area contributed by atoms with Crippen molar-refractivity contribution < 1.29 is 14.3 Å². The monoisotopic (exact) mass is 237 g/mol. The standard InChI is InChI=1S/C11H8FNO2S/c12-6-3-7(11(14)15)9-8(4-6)13-10(16-9)5-1-2-5/h3-5H,1-2H2,(H,14,15). The number of nitrogens with zero attached hydrogens (tertiary/aromatic N) is 1. The number of halogens is 1. The van der Waals surface area contributed by atoms with Crippen LogP contribution in [0.3, 0.4) is 0 Å². The summed E-state index contributed by atoms with van der Waals surface area (Å²) in [7, 11) is 0. The second-order valence-corrected chi connectivity index (χ2v) is 4.96. The van der Waals surface area contributed by atoms with E-state index in [-0.39, 0.29) is 5.56 Å². The van der Waals surface area contributed by atoms with Gasteiger partial charge in [0, 0.05) is 12.0 Å². The molecule has 5 heteroatoms. The lowest BCUT2D eigenvalue weighted by atomic mass is 10.2. The molecule has 0 spiro atoms. The van der Waals surface area contributed by atoms with Crippen LogP contribution in [0.1, 0.15) is 34.1 Å². The fraction of sp³-hybridized carbons (Fsp3) is 0.273. The predicted molar refractivity (Wildman–Crippen MR) is 58.5 cm³/mol. The van der Waals surface area contributed by atoms with Crippen LogP contribution in [0.2, 0.25) is 0 Å². The van der Waals surface area contributed by atoms with Crippen LogP contribution < -0.4 is 0 Å². The van der Waals surface area contributed by atoms with Gasteiger partial charge in [0.15, 0.2) is 0 Å². The minimum atomic E-state index is -1.10. The summed E-state index contributed by atoms with van der Waals surface area (Å²) in [4.78, 5) is 15.3. The van der Waals surface area contributed by atoms with Crippen LogP contribution >= 0.6 is 11.3 Å². The van der Waals surface area contributed by atoms with E-state index < -0.39 is 11.8 Å². The molecule has 0 radical (unpaired) electrons. The summed E-state index contributed by atoms with van der Waals surface area (Å²) in [6.07, 6.45) is 2.20. The molecule has 2 aromatic rings. The highest BCUT2D eigenvalue weighted by molar-refractivity contribution is 7.19. The van der Waals surface area contributed by atoms with Gasteiger partial charge < -0.3 is 5.11 Å². The van der Waals surface area contributed by atoms with Crippen molar-refractivity contribution in [2.45, 2.75) is 18.8 Å². The molecule has 1 aliphatic carbocycles. The second-order valence-electron chi connectivity index (χ2n) is 3.93. The van der Waals surface area contributed by atoms with E-state index in [0.717, 1.165) is 23.9 Å². The van der Waals surface area contributed by atoms with Gasteiger partial charge in [0.25, 0.3) is 0 Å². The molecule has 1 saturated carbocycles. The first kappa shape index (κ1) is 9.72. The van der Waals surface area contributed by atoms with Crippen molar-refractivity contribution in [3.8, 4) is 0 Å². The van der Waals surface area contributed by atoms with Crippen molar-refractivity contribution in [2.75, 3.05) is 0 Å². The molecular formula is C11H8FNO2S. The van der Waals surface area contributed by atoms with Crippen molar-refractivity contribution in [3.63, 3.8) is 0 Å². The van der Waals surface area contributed by atoms with Crippen LogP contribution in [0.15, 0.2) is 12.1 Å². The van der Waals surface area contributed by atoms with E-state index in [1.165, 1.54) is 17.4 Å². The summed E-state index contributed by atoms with van der Waals surface area (Å²) in [6.45, 7) is 0. The lowest BCUT2D eigenvalue weighted by Gasteiger charge is -1.95. The van der Waals surface area contributed by atoms with Gasteiger partial charge in [-0.1, -0.05) is 0 Å². The Labute approximate surface area is 94.5 Å². The molecule has 1 fully saturated rings. The molecule has 1 aromatic carbocycles. The highest BCUT2D eigenvalue weighted by atomic mass is 32.1. The summed E-state index contributed by atoms with van der Waals surface area (Å²) < 4.78 is 13.8. The number of carboxylic acids is 1. The molecule has 0 aliphatic heterocycles. The van der Waals surface area contributed by atoms with E-state index in [1.807, 2.05) is 0 Å². The quantitative estimate of drug-likeness (QED) is 0.873. The zero-order chi connectivity index (χ0) is 11.3. The van der Waals surface area contributed by atoms with Crippen LogP contribution in [-0.4, -0.2) is 16.1 Å². The molecule has 0 atom stereocenters. The van der Waals surface area contributed by atoms with Gasteiger partial charge in [0.2, 0.25) is 0 Å². The number of thiazole rings is 1. The SMILES string of the molecule is O=C(O)c1cc(F)cc2nc(C3CC3)sc12. The van der Waals surface area contributed by atoms with Gasteiger partial charge in [-0.25, -0.2) is 14.2 Å². The van der Waals surface area contributed by atoms with Crippen LogP contribution in [0.25, 0.3) is 10.2 Å². The normalized spacial score (nSPS) is 15.6. The van der Waals surface area contributed by atoms with Crippen molar-refractivity contribution in [3.05, 3.63) is 28.5 Å². The highest BCUT2D eigenvalue weighted by Gasteiger charge is 2.28. The second kappa shape index (κ2) is 3.25. The van der Waals surface area contributed by atoms with Crippen molar-refractivity contribution in [2.24, 2.45) is 0 Å². The molecular weight excluding hydrogens is 229 g/mol. The van der Waals surface area contributed by atoms with Gasteiger partial charge in [-0.15, -0.1) is 11.3 Å². The van der Waals surface area contributed by atoms with E-state index in [2.05, 4.69) is 4.98 Å². The zero-order valence-corrected chi connectivity index (χ0v) is 9.05. The largest absolute Gasteiger partial charge is 0.478 e. The number of carbonyl (C=O) groups is 1. The Morgan fingerprint density at radius 2 is 2.25 bits per heavy atom. The smallest absolute Gasteiger partial charge is 0.337 e. The first-order valence-corrected chi connectivity index (χ1v) is 5.80. The Balaban J connectivity index is 2.27. The molecule has 1 aliphatic rings. The minimum Gasteiger partial charge on any atom is -0.478 e. The molecule has 0 amide bonds. The molecule has 1 N–H and O–H groups in total. The maximum absolute atomic E-state index is 13.2. The molecule has 16 heavy (non-hydrogen) atoms. The fourth-order valence-electron chi connectivity index (χ4n) is 1.68. The third-order valence-electron chi connectivity index (χ3n) is 2.63. The number of hydrogen-bond acceptors (Lipinski definition) is 3. The average Bonchev–Trinajstić information content (AvgIpc) is 2.98. The topological polar surface area (TPSA) is 50.2 Å². The summed E-state index contributed by atoms with van der Waals surface area (Å²) >= 11 is 1.37. The number of aromatic carboxylic acids is 1. The molecule has 3 rings (SSSR count). The van der Waals surface area contributed by atoms with E-state index in [4.69, 9.17) is 5.11 Å². The molecule has 3 nitrogen and oxygen atoms in total. The summed E-state index contributed by atoms with van der Waals surface area (Å²) in [5, 5.41) is 9.92. The van der Waals surface area contributed by atoms with Gasteiger partial charge in [-0.3, -0.25) is 0 Å². The van der Waals surface area contributed by atoms with Gasteiger partial charge in [0.1, 0.15) is 5.82 Å². The van der Waals surface area contributed by atoms with E-state index in [1.54, 1.807) is 0 Å². The van der Waals surface area contributed by atoms with Crippen LogP contribution in [0.5, 0.6) is 0 Å². The lowest BCUT2D eigenvalue weighted by Crippen LogP contribution is -1.97. The van der Waals surface area contributed by atoms with Gasteiger partial charge in [0.05, 0.1) is 20.8 Å². The molecule has 0 unspecified atom stereocenters. The number of fused-ring (bicyclic) bond motifs is 1. The zero-order valence-electron chi connectivity index (χ0n) is 8.24. The molecule has 1 aromatic heterocycles. The molecule has 0 saturated heterocycles. The maximum atomic E-state index is 13.2. The Bertz CT molecular complexity index is 589. The van der Waals surface area contributed by atoms with E-state index >= 15 is 0 Å². The molecule has 0 bridgehead atoms. The van der Waals surface area contributed by atoms with Crippen LogP contribution in [-0.2, 0) is 0 Å². The van der Waals surface area contributed by atoms with Crippen molar-refractivity contribution in [1.82, 2.24) is 4.98 Å². The van der Waals surface area contributed by atoms with Crippen LogP contribution in [0, 0.1) is 5.82 Å². The van der Waals surface area contributed by atoms with Gasteiger partial charge in [-0.2, -0.15) is 0 Å². The Morgan fingerprint density at radius 3 is 2.88 bits per heavy atom. The van der Waals surface area contributed by atoms with Gasteiger partial charge >= 0.3 is 5.97 Å². The number of benzene rings is 1. The predicted octanol–water partition coefficient (Wildman–Crippen LogP) is 3.01. The number of aromatic nitrogens is 1. The Kier molecular flexibility index (Phi) is 1.97. The number of carboxylic acid groups (broad SMARTS) is 1.